The van der Waals surface area contributed by atoms with E-state index in [1.165, 1.54) is 0 Å². The van der Waals surface area contributed by atoms with Crippen LogP contribution in [0.15, 0.2) is 30.3 Å². The highest BCUT2D eigenvalue weighted by molar-refractivity contribution is 14.2. The van der Waals surface area contributed by atoms with E-state index in [0.717, 1.165) is 5.56 Å². The van der Waals surface area contributed by atoms with E-state index in [1.807, 2.05) is 75.5 Å². The molecule has 0 fully saturated rings. The van der Waals surface area contributed by atoms with Gasteiger partial charge in [0, 0.05) is 6.42 Å². The minimum Gasteiger partial charge on any atom is -0.771 e. The van der Waals surface area contributed by atoms with Gasteiger partial charge in [-0.05, 0) is 16.6 Å². The Hall–Kier alpha value is 0.790. The molecule has 1 aromatic carbocycles. The molecule has 0 bridgehead atoms. The van der Waals surface area contributed by atoms with Gasteiger partial charge < -0.3 is 4.55 Å². The van der Waals surface area contributed by atoms with Gasteiger partial charge in [-0.25, -0.2) is 0 Å². The molecule has 2 nitrogen and oxygen atoms in total. The van der Waals surface area contributed by atoms with Crippen LogP contribution in [0.25, 0.3) is 0 Å². The molecule has 72 valence electrons. The summed E-state index contributed by atoms with van der Waals surface area (Å²) in [5, 5.41) is 0. The van der Waals surface area contributed by atoms with Crippen LogP contribution in [0.3, 0.4) is 0 Å². The lowest BCUT2D eigenvalue weighted by atomic mass is 10.2. The molecule has 0 aliphatic carbocycles. The predicted octanol–water partition coefficient (Wildman–Crippen LogP) is 2.63. The Bertz CT molecular complexity index is 300. The first-order chi connectivity index (χ1) is 6.02. The lowest BCUT2D eigenvalue weighted by Gasteiger charge is -2.23. The van der Waals surface area contributed by atoms with E-state index < -0.39 is 11.8 Å². The first-order valence-corrected chi connectivity index (χ1v) is 6.77. The van der Waals surface area contributed by atoms with E-state index in [9.17, 15) is 8.76 Å². The molecular weight excluding hydrogens is 414 g/mol. The molecule has 0 aliphatic rings. The van der Waals surface area contributed by atoms with Gasteiger partial charge in [0.25, 0.3) is 0 Å². The van der Waals surface area contributed by atoms with E-state index in [0.29, 0.717) is 6.42 Å². The fourth-order valence-corrected chi connectivity index (χ4v) is 2.06. The topological polar surface area (TPSA) is 40.1 Å². The monoisotopic (exact) mass is 421 g/mol. The second kappa shape index (κ2) is 5.04. The van der Waals surface area contributed by atoms with Gasteiger partial charge in [-0.2, -0.15) is 0 Å². The van der Waals surface area contributed by atoms with Crippen LogP contribution >= 0.6 is 45.2 Å². The van der Waals surface area contributed by atoms with Crippen molar-refractivity contribution in [3.8, 4) is 0 Å². The van der Waals surface area contributed by atoms with Gasteiger partial charge in [-0.3, -0.25) is 4.21 Å². The second-order valence-electron chi connectivity index (χ2n) is 2.53. The molecular formula is C8H7I2O2S-. The molecule has 1 aromatic rings. The number of hydrogen-bond acceptors (Lipinski definition) is 2. The number of hydrogen-bond donors (Lipinski definition) is 0. The molecule has 13 heavy (non-hydrogen) atoms. The molecule has 5 heteroatoms. The number of halogens is 2. The normalized spacial score (nSPS) is 14.1. The maximum absolute atomic E-state index is 10.8. The van der Waals surface area contributed by atoms with E-state index in [2.05, 4.69) is 0 Å². The number of alkyl halides is 2. The van der Waals surface area contributed by atoms with E-state index in [4.69, 9.17) is 0 Å². The summed E-state index contributed by atoms with van der Waals surface area (Å²) in [7, 11) is 0. The fraction of sp³-hybridized carbons (Fsp3) is 0.250. The molecule has 0 radical (unpaired) electrons. The molecule has 0 N–H and O–H groups in total. The van der Waals surface area contributed by atoms with Gasteiger partial charge in [-0.1, -0.05) is 75.5 Å². The van der Waals surface area contributed by atoms with Crippen molar-refractivity contribution in [3.05, 3.63) is 35.9 Å². The SMILES string of the molecule is O=S([O-])C(I)(I)Cc1ccccc1. The summed E-state index contributed by atoms with van der Waals surface area (Å²) in [4.78, 5) is 0. The third kappa shape index (κ3) is 3.80. The standard InChI is InChI=1S/C8H8I2O2S/c9-8(10,13(11)12)6-7-4-2-1-3-5-7/h1-5H,6H2,(H,11,12)/p-1. The highest BCUT2D eigenvalue weighted by Crippen LogP contribution is 2.34. The quantitative estimate of drug-likeness (QED) is 0.428. The highest BCUT2D eigenvalue weighted by Gasteiger charge is 2.23. The van der Waals surface area contributed by atoms with Crippen molar-refractivity contribution < 1.29 is 8.76 Å². The zero-order valence-corrected chi connectivity index (χ0v) is 11.7. The summed E-state index contributed by atoms with van der Waals surface area (Å²) in [5.41, 5.74) is 1.04. The van der Waals surface area contributed by atoms with Crippen molar-refractivity contribution in [2.45, 2.75) is 7.18 Å². The summed E-state index contributed by atoms with van der Waals surface area (Å²) in [5.74, 6) is 0. The van der Waals surface area contributed by atoms with Crippen LogP contribution in [0.1, 0.15) is 5.56 Å². The van der Waals surface area contributed by atoms with Crippen molar-refractivity contribution >= 4 is 56.3 Å². The Balaban J connectivity index is 2.75. The van der Waals surface area contributed by atoms with Crippen LogP contribution in [0.2, 0.25) is 0 Å². The second-order valence-corrected chi connectivity index (χ2v) is 10.9. The largest absolute Gasteiger partial charge is 0.771 e. The van der Waals surface area contributed by atoms with Crippen LogP contribution in [-0.4, -0.2) is 9.52 Å². The van der Waals surface area contributed by atoms with E-state index >= 15 is 0 Å². The summed E-state index contributed by atoms with van der Waals surface area (Å²) in [6.45, 7) is 0. The van der Waals surface area contributed by atoms with E-state index in [-0.39, 0.29) is 0 Å². The summed E-state index contributed by atoms with van der Waals surface area (Å²) in [6, 6.07) is 9.59. The van der Waals surface area contributed by atoms with Crippen molar-refractivity contribution in [1.29, 1.82) is 0 Å². The molecule has 0 amide bonds. The molecule has 0 saturated heterocycles. The van der Waals surface area contributed by atoms with Gasteiger partial charge >= 0.3 is 0 Å². The first-order valence-electron chi connectivity index (χ1n) is 3.53. The van der Waals surface area contributed by atoms with Crippen LogP contribution in [0.5, 0.6) is 0 Å². The lowest BCUT2D eigenvalue weighted by molar-refractivity contribution is 0.533. The molecule has 0 aliphatic heterocycles. The smallest absolute Gasteiger partial charge is 0.138 e. The summed E-state index contributed by atoms with van der Waals surface area (Å²) >= 11 is 1.83. The third-order valence-electron chi connectivity index (χ3n) is 1.50. The Morgan fingerprint density at radius 2 is 1.85 bits per heavy atom. The van der Waals surface area contributed by atoms with Crippen molar-refractivity contribution in [2.24, 2.45) is 0 Å². The molecule has 0 aromatic heterocycles. The van der Waals surface area contributed by atoms with Crippen molar-refractivity contribution in [2.75, 3.05) is 0 Å². The first kappa shape index (κ1) is 11.9. The lowest BCUT2D eigenvalue weighted by Crippen LogP contribution is -2.21. The third-order valence-corrected chi connectivity index (χ3v) is 5.05. The molecule has 0 heterocycles. The average molecular weight is 421 g/mol. The Morgan fingerprint density at radius 1 is 1.31 bits per heavy atom. The van der Waals surface area contributed by atoms with Crippen LogP contribution in [0, 0.1) is 0 Å². The minimum atomic E-state index is -2.05. The van der Waals surface area contributed by atoms with Crippen LogP contribution in [-0.2, 0) is 17.5 Å². The molecule has 0 saturated carbocycles. The zero-order valence-electron chi connectivity index (χ0n) is 6.57. The van der Waals surface area contributed by atoms with Crippen molar-refractivity contribution in [3.63, 3.8) is 0 Å². The predicted molar refractivity (Wildman–Crippen MR) is 69.8 cm³/mol. The summed E-state index contributed by atoms with van der Waals surface area (Å²) in [6.07, 6.45) is 0.533. The van der Waals surface area contributed by atoms with Crippen LogP contribution in [0.4, 0.5) is 0 Å². The molecule has 0 spiro atoms. The molecule has 1 atom stereocenters. The summed E-state index contributed by atoms with van der Waals surface area (Å²) < 4.78 is 20.9. The number of rotatable bonds is 3. The van der Waals surface area contributed by atoms with Gasteiger partial charge in [-0.15, -0.1) is 0 Å². The highest BCUT2D eigenvalue weighted by atomic mass is 127. The zero-order chi connectivity index (χ0) is 9.90. The number of benzene rings is 1. The van der Waals surface area contributed by atoms with E-state index in [1.54, 1.807) is 0 Å². The Kier molecular flexibility index (Phi) is 4.59. The van der Waals surface area contributed by atoms with Gasteiger partial charge in [0.05, 0.1) is 0 Å². The Labute approximate surface area is 107 Å². The maximum atomic E-state index is 10.8. The van der Waals surface area contributed by atoms with Gasteiger partial charge in [0.1, 0.15) is 0.760 Å². The molecule has 1 unspecified atom stereocenters. The fourth-order valence-electron chi connectivity index (χ4n) is 0.892. The average Bonchev–Trinajstić information content (AvgIpc) is 2.05. The van der Waals surface area contributed by atoms with Gasteiger partial charge in [0.15, 0.2) is 0 Å². The maximum Gasteiger partial charge on any atom is 0.138 e. The molecule has 1 rings (SSSR count). The minimum absolute atomic E-state index is 0.533. The van der Waals surface area contributed by atoms with Gasteiger partial charge in [0.2, 0.25) is 0 Å². The van der Waals surface area contributed by atoms with Crippen molar-refractivity contribution in [1.82, 2.24) is 0 Å². The Morgan fingerprint density at radius 3 is 2.31 bits per heavy atom. The van der Waals surface area contributed by atoms with Crippen LogP contribution < -0.4 is 0 Å².